The minimum Gasteiger partial charge on any atom is -0.329 e. The Morgan fingerprint density at radius 1 is 1.38 bits per heavy atom. The van der Waals surface area contributed by atoms with Crippen LogP contribution in [-0.2, 0) is 0 Å². The lowest BCUT2D eigenvalue weighted by Gasteiger charge is -2.52. The van der Waals surface area contributed by atoms with Crippen LogP contribution in [-0.4, -0.2) is 30.1 Å². The second-order valence-corrected chi connectivity index (χ2v) is 4.98. The van der Waals surface area contributed by atoms with Gasteiger partial charge in [-0.05, 0) is 44.6 Å². The van der Waals surface area contributed by atoms with E-state index in [-0.39, 0.29) is 0 Å². The molecule has 0 radical (unpaired) electrons. The molecule has 2 fully saturated rings. The van der Waals surface area contributed by atoms with Gasteiger partial charge in [-0.25, -0.2) is 0 Å². The molecule has 1 aliphatic carbocycles. The van der Waals surface area contributed by atoms with Crippen molar-refractivity contribution in [3.05, 3.63) is 0 Å². The van der Waals surface area contributed by atoms with E-state index in [1.807, 2.05) is 0 Å². The first-order valence-electron chi connectivity index (χ1n) is 5.72. The van der Waals surface area contributed by atoms with Gasteiger partial charge >= 0.3 is 0 Å². The van der Waals surface area contributed by atoms with E-state index in [4.69, 9.17) is 5.73 Å². The summed E-state index contributed by atoms with van der Waals surface area (Å²) in [4.78, 5) is 2.67. The molecule has 1 saturated carbocycles. The lowest BCUT2D eigenvalue weighted by molar-refractivity contribution is -0.00487. The van der Waals surface area contributed by atoms with Crippen molar-refractivity contribution in [2.75, 3.05) is 19.6 Å². The molecule has 2 rings (SSSR count). The normalized spacial score (nSPS) is 34.2. The smallest absolute Gasteiger partial charge is 0.0331 e. The van der Waals surface area contributed by atoms with Gasteiger partial charge in [0.05, 0.1) is 0 Å². The van der Waals surface area contributed by atoms with Crippen molar-refractivity contribution in [3.8, 4) is 0 Å². The minimum absolute atomic E-state index is 0.425. The third-order valence-corrected chi connectivity index (χ3v) is 3.99. The van der Waals surface area contributed by atoms with E-state index in [1.54, 1.807) is 0 Å². The standard InChI is InChI=1S/C11H22N2/c1-10-4-2-7-13(8-10)11(9-12)5-3-6-11/h10H,2-9,12H2,1H3. The van der Waals surface area contributed by atoms with Crippen LogP contribution in [0.25, 0.3) is 0 Å². The molecule has 2 heteroatoms. The van der Waals surface area contributed by atoms with Gasteiger partial charge in [-0.3, -0.25) is 4.90 Å². The van der Waals surface area contributed by atoms with Crippen LogP contribution in [0, 0.1) is 5.92 Å². The highest BCUT2D eigenvalue weighted by atomic mass is 15.2. The summed E-state index contributed by atoms with van der Waals surface area (Å²) in [7, 11) is 0. The Morgan fingerprint density at radius 2 is 2.15 bits per heavy atom. The largest absolute Gasteiger partial charge is 0.329 e. The maximum Gasteiger partial charge on any atom is 0.0331 e. The molecular weight excluding hydrogens is 160 g/mol. The fourth-order valence-corrected chi connectivity index (χ4v) is 2.85. The van der Waals surface area contributed by atoms with Crippen molar-refractivity contribution in [3.63, 3.8) is 0 Å². The lowest BCUT2D eigenvalue weighted by Crippen LogP contribution is -2.60. The SMILES string of the molecule is CC1CCCN(C2(CN)CCC2)C1. The van der Waals surface area contributed by atoms with Crippen LogP contribution in [0.5, 0.6) is 0 Å². The molecule has 1 saturated heterocycles. The first-order valence-corrected chi connectivity index (χ1v) is 5.72. The van der Waals surface area contributed by atoms with Crippen molar-refractivity contribution in [1.29, 1.82) is 0 Å². The van der Waals surface area contributed by atoms with Crippen LogP contribution in [0.15, 0.2) is 0 Å². The zero-order valence-corrected chi connectivity index (χ0v) is 8.76. The Kier molecular flexibility index (Phi) is 2.61. The average Bonchev–Trinajstić information content (AvgIpc) is 2.03. The first kappa shape index (κ1) is 9.47. The average molecular weight is 182 g/mol. The summed E-state index contributed by atoms with van der Waals surface area (Å²) in [6.07, 6.45) is 6.87. The predicted octanol–water partition coefficient (Wildman–Crippen LogP) is 1.60. The summed E-state index contributed by atoms with van der Waals surface area (Å²) in [5.74, 6) is 0.887. The summed E-state index contributed by atoms with van der Waals surface area (Å²) < 4.78 is 0. The van der Waals surface area contributed by atoms with Crippen LogP contribution >= 0.6 is 0 Å². The maximum atomic E-state index is 5.90. The summed E-state index contributed by atoms with van der Waals surface area (Å²) in [5.41, 5.74) is 6.33. The molecule has 76 valence electrons. The zero-order chi connectivity index (χ0) is 9.31. The molecule has 0 aromatic rings. The molecular formula is C11H22N2. The molecule has 2 aliphatic rings. The lowest BCUT2D eigenvalue weighted by atomic mass is 9.74. The predicted molar refractivity (Wildman–Crippen MR) is 55.6 cm³/mol. The zero-order valence-electron chi connectivity index (χ0n) is 8.76. The van der Waals surface area contributed by atoms with Gasteiger partial charge in [-0.15, -0.1) is 0 Å². The Bertz CT molecular complexity index is 169. The molecule has 1 heterocycles. The molecule has 0 spiro atoms. The Labute approximate surface area is 81.5 Å². The Hall–Kier alpha value is -0.0800. The highest BCUT2D eigenvalue weighted by molar-refractivity contribution is 5.00. The summed E-state index contributed by atoms with van der Waals surface area (Å²) in [6.45, 7) is 5.83. The third-order valence-electron chi connectivity index (χ3n) is 3.99. The number of nitrogens with zero attached hydrogens (tertiary/aromatic N) is 1. The molecule has 2 nitrogen and oxygen atoms in total. The highest BCUT2D eigenvalue weighted by Crippen LogP contribution is 2.38. The third kappa shape index (κ3) is 1.62. The summed E-state index contributed by atoms with van der Waals surface area (Å²) in [6, 6.07) is 0. The Morgan fingerprint density at radius 3 is 2.62 bits per heavy atom. The van der Waals surface area contributed by atoms with E-state index >= 15 is 0 Å². The molecule has 1 aliphatic heterocycles. The number of hydrogen-bond donors (Lipinski definition) is 1. The molecule has 0 amide bonds. The van der Waals surface area contributed by atoms with Crippen molar-refractivity contribution in [2.24, 2.45) is 11.7 Å². The van der Waals surface area contributed by atoms with Gasteiger partial charge in [0, 0.05) is 18.6 Å². The van der Waals surface area contributed by atoms with E-state index in [9.17, 15) is 0 Å². The number of rotatable bonds is 2. The number of nitrogens with two attached hydrogens (primary N) is 1. The summed E-state index contributed by atoms with van der Waals surface area (Å²) >= 11 is 0. The second kappa shape index (κ2) is 3.58. The molecule has 0 bridgehead atoms. The van der Waals surface area contributed by atoms with Crippen molar-refractivity contribution in [2.45, 2.75) is 44.6 Å². The monoisotopic (exact) mass is 182 g/mol. The fraction of sp³-hybridized carbons (Fsp3) is 1.00. The molecule has 0 aromatic heterocycles. The topological polar surface area (TPSA) is 29.3 Å². The molecule has 0 aromatic carbocycles. The van der Waals surface area contributed by atoms with E-state index < -0.39 is 0 Å². The van der Waals surface area contributed by atoms with Crippen LogP contribution in [0.3, 0.4) is 0 Å². The Balaban J connectivity index is 1.97. The van der Waals surface area contributed by atoms with Gasteiger partial charge in [0.25, 0.3) is 0 Å². The van der Waals surface area contributed by atoms with Crippen molar-refractivity contribution in [1.82, 2.24) is 4.90 Å². The van der Waals surface area contributed by atoms with Crippen molar-refractivity contribution < 1.29 is 0 Å². The van der Waals surface area contributed by atoms with E-state index in [1.165, 1.54) is 45.2 Å². The van der Waals surface area contributed by atoms with Crippen molar-refractivity contribution >= 4 is 0 Å². The number of piperidine rings is 1. The quantitative estimate of drug-likeness (QED) is 0.703. The molecule has 1 unspecified atom stereocenters. The molecule has 2 N–H and O–H groups in total. The fourth-order valence-electron chi connectivity index (χ4n) is 2.85. The van der Waals surface area contributed by atoms with Crippen LogP contribution in [0.2, 0.25) is 0 Å². The number of hydrogen-bond acceptors (Lipinski definition) is 2. The second-order valence-electron chi connectivity index (χ2n) is 4.98. The van der Waals surface area contributed by atoms with Gasteiger partial charge in [0.2, 0.25) is 0 Å². The van der Waals surface area contributed by atoms with Gasteiger partial charge in [0.15, 0.2) is 0 Å². The van der Waals surface area contributed by atoms with Crippen LogP contribution in [0.4, 0.5) is 0 Å². The minimum atomic E-state index is 0.425. The van der Waals surface area contributed by atoms with Gasteiger partial charge < -0.3 is 5.73 Å². The van der Waals surface area contributed by atoms with E-state index in [0.29, 0.717) is 5.54 Å². The molecule has 1 atom stereocenters. The maximum absolute atomic E-state index is 5.90. The van der Waals surface area contributed by atoms with E-state index in [0.717, 1.165) is 12.5 Å². The molecule has 13 heavy (non-hydrogen) atoms. The number of likely N-dealkylation sites (tertiary alicyclic amines) is 1. The van der Waals surface area contributed by atoms with Crippen LogP contribution in [0.1, 0.15) is 39.0 Å². The highest BCUT2D eigenvalue weighted by Gasteiger charge is 2.42. The first-order chi connectivity index (χ1) is 6.27. The van der Waals surface area contributed by atoms with Gasteiger partial charge in [-0.2, -0.15) is 0 Å². The summed E-state index contributed by atoms with van der Waals surface area (Å²) in [5, 5.41) is 0. The van der Waals surface area contributed by atoms with Gasteiger partial charge in [-0.1, -0.05) is 6.92 Å². The van der Waals surface area contributed by atoms with Crippen LogP contribution < -0.4 is 5.73 Å². The van der Waals surface area contributed by atoms with Gasteiger partial charge in [0.1, 0.15) is 0 Å². The van der Waals surface area contributed by atoms with E-state index in [2.05, 4.69) is 11.8 Å².